The van der Waals surface area contributed by atoms with E-state index in [0.29, 0.717) is 0 Å². The minimum atomic E-state index is 0.211. The van der Waals surface area contributed by atoms with Crippen molar-refractivity contribution in [2.24, 2.45) is 5.73 Å². The molecule has 2 rings (SSSR count). The molecule has 0 amide bonds. The number of nitrogens with two attached hydrogens (primary N) is 1. The summed E-state index contributed by atoms with van der Waals surface area (Å²) in [6.07, 6.45) is 0.929. The third kappa shape index (κ3) is 3.58. The van der Waals surface area contributed by atoms with Crippen LogP contribution >= 0.6 is 0 Å². The van der Waals surface area contributed by atoms with Crippen molar-refractivity contribution in [3.8, 4) is 11.1 Å². The van der Waals surface area contributed by atoms with E-state index in [2.05, 4.69) is 67.5 Å². The fourth-order valence-electron chi connectivity index (χ4n) is 2.17. The zero-order valence-electron chi connectivity index (χ0n) is 11.9. The molecule has 0 heterocycles. The van der Waals surface area contributed by atoms with Crippen LogP contribution in [0.2, 0.25) is 0 Å². The average Bonchev–Trinajstić information content (AvgIpc) is 2.39. The molecule has 1 unspecified atom stereocenters. The standard InChI is InChI=1S/C17H22N2/c1-13(18)11-14-7-9-15(10-8-14)16-5-4-6-17(12-16)19(2)3/h4-10,12-13H,11,18H2,1-3H3. The van der Waals surface area contributed by atoms with Crippen LogP contribution in [0.4, 0.5) is 5.69 Å². The van der Waals surface area contributed by atoms with Crippen LogP contribution in [0.5, 0.6) is 0 Å². The summed E-state index contributed by atoms with van der Waals surface area (Å²) in [5, 5.41) is 0. The molecule has 0 aliphatic rings. The Balaban J connectivity index is 2.24. The van der Waals surface area contributed by atoms with Gasteiger partial charge in [-0.1, -0.05) is 36.4 Å². The minimum absolute atomic E-state index is 0.211. The molecule has 2 nitrogen and oxygen atoms in total. The maximum absolute atomic E-state index is 5.82. The second-order valence-corrected chi connectivity index (χ2v) is 5.32. The van der Waals surface area contributed by atoms with Crippen LogP contribution in [0.15, 0.2) is 48.5 Å². The highest BCUT2D eigenvalue weighted by Gasteiger charge is 2.02. The van der Waals surface area contributed by atoms with Crippen molar-refractivity contribution in [1.82, 2.24) is 0 Å². The Kier molecular flexibility index (Phi) is 4.23. The molecule has 0 saturated heterocycles. The molecule has 2 aromatic rings. The van der Waals surface area contributed by atoms with Crippen LogP contribution in [0.25, 0.3) is 11.1 Å². The minimum Gasteiger partial charge on any atom is -0.378 e. The quantitative estimate of drug-likeness (QED) is 0.907. The maximum Gasteiger partial charge on any atom is 0.0367 e. The summed E-state index contributed by atoms with van der Waals surface area (Å²) in [6, 6.07) is 17.5. The number of rotatable bonds is 4. The predicted octanol–water partition coefficient (Wildman–Crippen LogP) is 3.31. The van der Waals surface area contributed by atoms with E-state index in [0.717, 1.165) is 6.42 Å². The Hall–Kier alpha value is -1.80. The molecular weight excluding hydrogens is 232 g/mol. The largest absolute Gasteiger partial charge is 0.378 e. The fourth-order valence-corrected chi connectivity index (χ4v) is 2.17. The molecule has 0 radical (unpaired) electrons. The van der Waals surface area contributed by atoms with Crippen molar-refractivity contribution in [2.75, 3.05) is 19.0 Å². The first-order valence-electron chi connectivity index (χ1n) is 6.68. The van der Waals surface area contributed by atoms with E-state index in [1.54, 1.807) is 0 Å². The highest BCUT2D eigenvalue weighted by Crippen LogP contribution is 2.24. The summed E-state index contributed by atoms with van der Waals surface area (Å²) >= 11 is 0. The molecule has 0 aliphatic heterocycles. The zero-order valence-corrected chi connectivity index (χ0v) is 11.9. The molecule has 0 aliphatic carbocycles. The van der Waals surface area contributed by atoms with Crippen molar-refractivity contribution >= 4 is 5.69 Å². The molecule has 100 valence electrons. The van der Waals surface area contributed by atoms with Crippen LogP contribution in [0.3, 0.4) is 0 Å². The van der Waals surface area contributed by atoms with Gasteiger partial charge in [0, 0.05) is 25.8 Å². The number of hydrogen-bond donors (Lipinski definition) is 1. The molecule has 2 heteroatoms. The summed E-state index contributed by atoms with van der Waals surface area (Å²) in [7, 11) is 4.12. The molecule has 0 spiro atoms. The second kappa shape index (κ2) is 5.89. The summed E-state index contributed by atoms with van der Waals surface area (Å²) in [6.45, 7) is 2.04. The number of anilines is 1. The van der Waals surface area contributed by atoms with Crippen molar-refractivity contribution < 1.29 is 0 Å². The zero-order chi connectivity index (χ0) is 13.8. The van der Waals surface area contributed by atoms with Crippen molar-refractivity contribution in [2.45, 2.75) is 19.4 Å². The van der Waals surface area contributed by atoms with Crippen LogP contribution in [-0.4, -0.2) is 20.1 Å². The third-order valence-corrected chi connectivity index (χ3v) is 3.21. The Morgan fingerprint density at radius 1 is 1.00 bits per heavy atom. The van der Waals surface area contributed by atoms with Gasteiger partial charge in [0.15, 0.2) is 0 Å². The van der Waals surface area contributed by atoms with Gasteiger partial charge in [0.05, 0.1) is 0 Å². The lowest BCUT2D eigenvalue weighted by atomic mass is 10.0. The van der Waals surface area contributed by atoms with Crippen LogP contribution < -0.4 is 10.6 Å². The Morgan fingerprint density at radius 2 is 1.68 bits per heavy atom. The lowest BCUT2D eigenvalue weighted by Crippen LogP contribution is -2.17. The van der Waals surface area contributed by atoms with E-state index in [1.165, 1.54) is 22.4 Å². The first kappa shape index (κ1) is 13.6. The van der Waals surface area contributed by atoms with E-state index < -0.39 is 0 Å². The van der Waals surface area contributed by atoms with E-state index >= 15 is 0 Å². The van der Waals surface area contributed by atoms with Gasteiger partial charge in [-0.05, 0) is 42.2 Å². The lowest BCUT2D eigenvalue weighted by Gasteiger charge is -2.14. The van der Waals surface area contributed by atoms with Gasteiger partial charge in [-0.2, -0.15) is 0 Å². The normalized spacial score (nSPS) is 12.2. The molecule has 0 saturated carbocycles. The highest BCUT2D eigenvalue weighted by molar-refractivity contribution is 5.68. The highest BCUT2D eigenvalue weighted by atomic mass is 15.1. The second-order valence-electron chi connectivity index (χ2n) is 5.32. The van der Waals surface area contributed by atoms with Gasteiger partial charge in [-0.15, -0.1) is 0 Å². The van der Waals surface area contributed by atoms with Gasteiger partial charge in [-0.3, -0.25) is 0 Å². The van der Waals surface area contributed by atoms with Crippen molar-refractivity contribution in [1.29, 1.82) is 0 Å². The summed E-state index contributed by atoms with van der Waals surface area (Å²) < 4.78 is 0. The molecule has 0 fully saturated rings. The summed E-state index contributed by atoms with van der Waals surface area (Å²) in [5.41, 5.74) is 10.8. The molecule has 1 atom stereocenters. The molecule has 2 N–H and O–H groups in total. The third-order valence-electron chi connectivity index (χ3n) is 3.21. The van der Waals surface area contributed by atoms with Crippen LogP contribution in [0, 0.1) is 0 Å². The van der Waals surface area contributed by atoms with Crippen molar-refractivity contribution in [3.63, 3.8) is 0 Å². The van der Waals surface area contributed by atoms with Crippen LogP contribution in [-0.2, 0) is 6.42 Å². The first-order valence-corrected chi connectivity index (χ1v) is 6.68. The SMILES string of the molecule is CC(N)Cc1ccc(-c2cccc(N(C)C)c2)cc1. The Bertz CT molecular complexity index is 527. The van der Waals surface area contributed by atoms with Gasteiger partial charge in [0.2, 0.25) is 0 Å². The molecule has 19 heavy (non-hydrogen) atoms. The summed E-state index contributed by atoms with van der Waals surface area (Å²) in [4.78, 5) is 2.12. The van der Waals surface area contributed by atoms with Crippen molar-refractivity contribution in [3.05, 3.63) is 54.1 Å². The van der Waals surface area contributed by atoms with Gasteiger partial charge in [0.1, 0.15) is 0 Å². The molecule has 0 aromatic heterocycles. The molecular formula is C17H22N2. The number of benzene rings is 2. The Morgan fingerprint density at radius 3 is 2.26 bits per heavy atom. The fraction of sp³-hybridized carbons (Fsp3) is 0.294. The average molecular weight is 254 g/mol. The van der Waals surface area contributed by atoms with Gasteiger partial charge >= 0.3 is 0 Å². The first-order chi connectivity index (χ1) is 9.06. The monoisotopic (exact) mass is 254 g/mol. The van der Waals surface area contributed by atoms with E-state index in [1.807, 2.05) is 6.92 Å². The maximum atomic E-state index is 5.82. The number of hydrogen-bond acceptors (Lipinski definition) is 2. The van der Waals surface area contributed by atoms with E-state index in [9.17, 15) is 0 Å². The Labute approximate surface area is 115 Å². The van der Waals surface area contributed by atoms with Gasteiger partial charge in [-0.25, -0.2) is 0 Å². The predicted molar refractivity (Wildman–Crippen MR) is 83.6 cm³/mol. The lowest BCUT2D eigenvalue weighted by molar-refractivity contribution is 0.738. The number of nitrogens with zero attached hydrogens (tertiary/aromatic N) is 1. The topological polar surface area (TPSA) is 29.3 Å². The van der Waals surface area contributed by atoms with Gasteiger partial charge in [0.25, 0.3) is 0 Å². The molecule has 2 aromatic carbocycles. The van der Waals surface area contributed by atoms with Gasteiger partial charge < -0.3 is 10.6 Å². The van der Waals surface area contributed by atoms with E-state index in [4.69, 9.17) is 5.73 Å². The van der Waals surface area contributed by atoms with Crippen LogP contribution in [0.1, 0.15) is 12.5 Å². The smallest absolute Gasteiger partial charge is 0.0367 e. The summed E-state index contributed by atoms with van der Waals surface area (Å²) in [5.74, 6) is 0. The van der Waals surface area contributed by atoms with E-state index in [-0.39, 0.29) is 6.04 Å². The molecule has 0 bridgehead atoms.